The fraction of sp³-hybridized carbons (Fsp3) is 0. The third-order valence-electron chi connectivity index (χ3n) is 2.30. The Morgan fingerprint density at radius 3 is 2.93 bits per heavy atom. The Morgan fingerprint density at radius 1 is 1.07 bits per heavy atom. The van der Waals surface area contributed by atoms with Crippen molar-refractivity contribution in [3.8, 4) is 5.75 Å². The summed E-state index contributed by atoms with van der Waals surface area (Å²) < 4.78 is 10.9. The second-order valence-electron chi connectivity index (χ2n) is 3.22. The first-order valence-electron chi connectivity index (χ1n) is 4.40. The van der Waals surface area contributed by atoms with Crippen molar-refractivity contribution in [1.29, 1.82) is 0 Å². The lowest BCUT2D eigenvalue weighted by Gasteiger charge is -2.13. The van der Waals surface area contributed by atoms with Crippen molar-refractivity contribution in [3.05, 3.63) is 48.4 Å². The molecule has 3 rings (SSSR count). The normalized spacial score (nSPS) is 14.1. The monoisotopic (exact) mass is 184 g/mol. The average Bonchev–Trinajstić information content (AvgIpc) is 2.65. The van der Waals surface area contributed by atoms with Gasteiger partial charge in [-0.25, -0.2) is 0 Å². The van der Waals surface area contributed by atoms with Crippen LogP contribution >= 0.6 is 0 Å². The molecule has 0 unspecified atom stereocenters. The van der Waals surface area contributed by atoms with E-state index in [9.17, 15) is 0 Å². The van der Waals surface area contributed by atoms with Crippen LogP contribution in [0.5, 0.6) is 5.75 Å². The van der Waals surface area contributed by atoms with Crippen LogP contribution in [0.2, 0.25) is 0 Å². The zero-order valence-electron chi connectivity index (χ0n) is 7.49. The van der Waals surface area contributed by atoms with Gasteiger partial charge < -0.3 is 9.15 Å². The van der Waals surface area contributed by atoms with Crippen LogP contribution < -0.4 is 4.74 Å². The molecule has 2 heterocycles. The van der Waals surface area contributed by atoms with E-state index in [1.807, 2.05) is 30.4 Å². The smallest absolute Gasteiger partial charge is 0.144 e. The summed E-state index contributed by atoms with van der Waals surface area (Å²) in [6, 6.07) is 5.85. The lowest BCUT2D eigenvalue weighted by molar-refractivity contribution is 0.442. The van der Waals surface area contributed by atoms with E-state index < -0.39 is 0 Å². The minimum atomic E-state index is 0.656. The highest BCUT2D eigenvalue weighted by Crippen LogP contribution is 2.33. The first kappa shape index (κ1) is 7.44. The maximum Gasteiger partial charge on any atom is 0.144 e. The largest absolute Gasteiger partial charge is 0.464 e. The Morgan fingerprint density at radius 2 is 2.00 bits per heavy atom. The second-order valence-corrected chi connectivity index (χ2v) is 3.22. The summed E-state index contributed by atoms with van der Waals surface area (Å²) in [5.74, 6) is 1.46. The fourth-order valence-corrected chi connectivity index (χ4v) is 1.63. The van der Waals surface area contributed by atoms with E-state index in [2.05, 4.69) is 6.58 Å². The highest BCUT2D eigenvalue weighted by molar-refractivity contribution is 5.89. The number of hydrogen-bond acceptors (Lipinski definition) is 2. The molecule has 14 heavy (non-hydrogen) atoms. The molecular formula is C12H8O2. The van der Waals surface area contributed by atoms with Gasteiger partial charge in [0.2, 0.25) is 0 Å². The third-order valence-corrected chi connectivity index (χ3v) is 2.30. The number of furan rings is 1. The Balaban J connectivity index is 2.38. The third kappa shape index (κ3) is 0.909. The molecule has 0 saturated carbocycles. The van der Waals surface area contributed by atoms with Gasteiger partial charge in [0.25, 0.3) is 0 Å². The number of ether oxygens (including phenoxy) is 1. The van der Waals surface area contributed by atoms with E-state index in [-0.39, 0.29) is 0 Å². The molecule has 1 aliphatic rings. The van der Waals surface area contributed by atoms with E-state index >= 15 is 0 Å². The molecule has 0 fully saturated rings. The number of hydrogen-bond donors (Lipinski definition) is 0. The first-order valence-corrected chi connectivity index (χ1v) is 4.40. The zero-order chi connectivity index (χ0) is 9.54. The summed E-state index contributed by atoms with van der Waals surface area (Å²) in [6.07, 6.45) is 5.49. The molecule has 2 nitrogen and oxygen atoms in total. The van der Waals surface area contributed by atoms with Gasteiger partial charge in [0.1, 0.15) is 17.1 Å². The van der Waals surface area contributed by atoms with Gasteiger partial charge in [0.05, 0.1) is 11.8 Å². The van der Waals surface area contributed by atoms with Gasteiger partial charge in [-0.15, -0.1) is 0 Å². The van der Waals surface area contributed by atoms with E-state index in [1.165, 1.54) is 0 Å². The minimum Gasteiger partial charge on any atom is -0.464 e. The molecule has 2 heteroatoms. The Labute approximate surface area is 81.1 Å². The number of fused-ring (bicyclic) bond motifs is 3. The van der Waals surface area contributed by atoms with Gasteiger partial charge in [-0.2, -0.15) is 0 Å². The van der Waals surface area contributed by atoms with Crippen molar-refractivity contribution in [3.63, 3.8) is 0 Å². The van der Waals surface area contributed by atoms with Gasteiger partial charge in [-0.05, 0) is 30.4 Å². The van der Waals surface area contributed by atoms with Crippen molar-refractivity contribution in [2.45, 2.75) is 0 Å². The molecule has 1 aliphatic heterocycles. The van der Waals surface area contributed by atoms with Crippen molar-refractivity contribution in [2.24, 2.45) is 0 Å². The Hall–Kier alpha value is -1.96. The minimum absolute atomic E-state index is 0.656. The van der Waals surface area contributed by atoms with Gasteiger partial charge >= 0.3 is 0 Å². The van der Waals surface area contributed by atoms with Crippen molar-refractivity contribution < 1.29 is 9.15 Å². The van der Waals surface area contributed by atoms with Gasteiger partial charge in [-0.1, -0.05) is 6.58 Å². The first-order chi connectivity index (χ1) is 6.84. The van der Waals surface area contributed by atoms with Gasteiger partial charge in [-0.3, -0.25) is 0 Å². The summed E-state index contributed by atoms with van der Waals surface area (Å²) in [7, 11) is 0. The molecule has 0 N–H and O–H groups in total. The van der Waals surface area contributed by atoms with Crippen LogP contribution in [0.3, 0.4) is 0 Å². The molecular weight excluding hydrogens is 176 g/mol. The number of allylic oxidation sites excluding steroid dienone is 1. The van der Waals surface area contributed by atoms with Gasteiger partial charge in [0, 0.05) is 5.39 Å². The summed E-state index contributed by atoms with van der Waals surface area (Å²) in [5.41, 5.74) is 1.85. The highest BCUT2D eigenvalue weighted by Gasteiger charge is 2.12. The number of benzene rings is 1. The summed E-state index contributed by atoms with van der Waals surface area (Å²) in [5, 5.41) is 1.09. The molecule has 2 aromatic rings. The fourth-order valence-electron chi connectivity index (χ4n) is 1.63. The molecule has 0 aliphatic carbocycles. The number of rotatable bonds is 0. The van der Waals surface area contributed by atoms with Crippen molar-refractivity contribution in [1.82, 2.24) is 0 Å². The standard InChI is InChI=1S/C12H8O2/c1-8-2-4-10-11(14-8)5-3-9-6-7-13-12(9)10/h2-7H,1H2. The second kappa shape index (κ2) is 2.51. The summed E-state index contributed by atoms with van der Waals surface area (Å²) >= 11 is 0. The molecule has 0 spiro atoms. The molecule has 0 atom stereocenters. The predicted octanol–water partition coefficient (Wildman–Crippen LogP) is 3.35. The highest BCUT2D eigenvalue weighted by atomic mass is 16.5. The van der Waals surface area contributed by atoms with Crippen LogP contribution in [0.1, 0.15) is 5.56 Å². The van der Waals surface area contributed by atoms with Crippen LogP contribution in [0.25, 0.3) is 17.0 Å². The quantitative estimate of drug-likeness (QED) is 0.626. The summed E-state index contributed by atoms with van der Waals surface area (Å²) in [4.78, 5) is 0. The molecule has 0 bridgehead atoms. The maximum absolute atomic E-state index is 5.47. The van der Waals surface area contributed by atoms with Gasteiger partial charge in [0.15, 0.2) is 0 Å². The average molecular weight is 184 g/mol. The maximum atomic E-state index is 5.47. The van der Waals surface area contributed by atoms with Crippen LogP contribution in [-0.2, 0) is 0 Å². The van der Waals surface area contributed by atoms with E-state index in [0.29, 0.717) is 5.76 Å². The van der Waals surface area contributed by atoms with E-state index in [1.54, 1.807) is 6.26 Å². The SMILES string of the molecule is C=C1C=Cc2c(ccc3ccoc23)O1. The molecule has 0 saturated heterocycles. The van der Waals surface area contributed by atoms with E-state index in [0.717, 1.165) is 22.3 Å². The lowest BCUT2D eigenvalue weighted by atomic mass is 10.1. The van der Waals surface area contributed by atoms with Crippen molar-refractivity contribution in [2.75, 3.05) is 0 Å². The summed E-state index contributed by atoms with van der Waals surface area (Å²) in [6.45, 7) is 3.74. The predicted molar refractivity (Wildman–Crippen MR) is 55.0 cm³/mol. The van der Waals surface area contributed by atoms with Crippen LogP contribution in [-0.4, -0.2) is 0 Å². The van der Waals surface area contributed by atoms with Crippen molar-refractivity contribution >= 4 is 17.0 Å². The lowest BCUT2D eigenvalue weighted by Crippen LogP contribution is -1.97. The molecule has 1 aromatic carbocycles. The van der Waals surface area contributed by atoms with Crippen LogP contribution in [0.15, 0.2) is 47.3 Å². The van der Waals surface area contributed by atoms with Crippen LogP contribution in [0, 0.1) is 0 Å². The molecule has 68 valence electrons. The van der Waals surface area contributed by atoms with E-state index in [4.69, 9.17) is 9.15 Å². The molecule has 0 radical (unpaired) electrons. The Kier molecular flexibility index (Phi) is 1.34. The zero-order valence-corrected chi connectivity index (χ0v) is 7.49. The molecule has 1 aromatic heterocycles. The van der Waals surface area contributed by atoms with Crippen LogP contribution in [0.4, 0.5) is 0 Å². The molecule has 0 amide bonds. The topological polar surface area (TPSA) is 22.4 Å². The Bertz CT molecular complexity index is 546.